The van der Waals surface area contributed by atoms with E-state index < -0.39 is 0 Å². The molecule has 0 saturated carbocycles. The minimum absolute atomic E-state index is 0.252. The number of nitrogens with one attached hydrogen (secondary N) is 1. The van der Waals surface area contributed by atoms with Crippen LogP contribution in [0.5, 0.6) is 5.75 Å². The third-order valence-electron chi connectivity index (χ3n) is 5.57. The van der Waals surface area contributed by atoms with Gasteiger partial charge >= 0.3 is 0 Å². The Balaban J connectivity index is 1.35. The lowest BCUT2D eigenvalue weighted by molar-refractivity contribution is 0.129. The van der Waals surface area contributed by atoms with E-state index in [0.29, 0.717) is 6.54 Å². The lowest BCUT2D eigenvalue weighted by atomic mass is 10.1. The van der Waals surface area contributed by atoms with E-state index in [1.165, 1.54) is 0 Å². The van der Waals surface area contributed by atoms with Gasteiger partial charge in [-0.2, -0.15) is 5.10 Å². The van der Waals surface area contributed by atoms with Crippen molar-refractivity contribution >= 4 is 5.96 Å². The Kier molecular flexibility index (Phi) is 7.04. The summed E-state index contributed by atoms with van der Waals surface area (Å²) in [5.41, 5.74) is 3.15. The van der Waals surface area contributed by atoms with Crippen LogP contribution in [0.15, 0.2) is 59.7 Å². The molecule has 0 spiro atoms. The van der Waals surface area contributed by atoms with Crippen LogP contribution >= 0.6 is 0 Å². The zero-order chi connectivity index (χ0) is 22.3. The molecule has 3 aromatic rings. The van der Waals surface area contributed by atoms with Crippen LogP contribution in [-0.4, -0.2) is 51.4 Å². The van der Waals surface area contributed by atoms with Gasteiger partial charge in [-0.15, -0.1) is 0 Å². The molecule has 0 atom stereocenters. The zero-order valence-corrected chi connectivity index (χ0v) is 19.2. The molecule has 4 rings (SSSR count). The van der Waals surface area contributed by atoms with Crippen LogP contribution < -0.4 is 10.1 Å². The lowest BCUT2D eigenvalue weighted by Gasteiger charge is -2.34. The number of aryl methyl sites for hydroxylation is 2. The Morgan fingerprint density at radius 3 is 2.53 bits per heavy atom. The largest absolute Gasteiger partial charge is 0.490 e. The average Bonchev–Trinajstić information content (AvgIpc) is 3.16. The van der Waals surface area contributed by atoms with Gasteiger partial charge in [-0.25, -0.2) is 14.7 Å². The summed E-state index contributed by atoms with van der Waals surface area (Å²) in [4.78, 5) is 11.8. The summed E-state index contributed by atoms with van der Waals surface area (Å²) < 4.78 is 8.00. The van der Waals surface area contributed by atoms with Crippen molar-refractivity contribution in [3.05, 3.63) is 71.7 Å². The Bertz CT molecular complexity index is 1020. The number of likely N-dealkylation sites (tertiary alicyclic amines) is 1. The Morgan fingerprint density at radius 2 is 1.91 bits per heavy atom. The normalized spacial score (nSPS) is 15.1. The first kappa shape index (κ1) is 21.9. The predicted molar refractivity (Wildman–Crippen MR) is 127 cm³/mol. The highest BCUT2D eigenvalue weighted by Gasteiger charge is 2.22. The van der Waals surface area contributed by atoms with Gasteiger partial charge in [-0.1, -0.05) is 24.3 Å². The number of aliphatic imine (C=N–C) groups is 1. The van der Waals surface area contributed by atoms with Gasteiger partial charge in [0.05, 0.1) is 12.2 Å². The highest BCUT2D eigenvalue weighted by atomic mass is 16.5. The highest BCUT2D eigenvalue weighted by Crippen LogP contribution is 2.19. The van der Waals surface area contributed by atoms with Crippen molar-refractivity contribution in [2.24, 2.45) is 4.99 Å². The molecule has 7 heteroatoms. The number of para-hydroxylation sites is 1. The molecule has 0 aliphatic carbocycles. The molecular weight excluding hydrogens is 400 g/mol. The van der Waals surface area contributed by atoms with Crippen molar-refractivity contribution in [2.45, 2.75) is 46.3 Å². The molecule has 2 aromatic heterocycles. The van der Waals surface area contributed by atoms with Crippen LogP contribution in [0.4, 0.5) is 0 Å². The summed E-state index contributed by atoms with van der Waals surface area (Å²) >= 11 is 0. The Morgan fingerprint density at radius 1 is 1.12 bits per heavy atom. The van der Waals surface area contributed by atoms with E-state index in [1.54, 1.807) is 0 Å². The first-order valence-electron chi connectivity index (χ1n) is 11.4. The average molecular weight is 433 g/mol. The van der Waals surface area contributed by atoms with Crippen LogP contribution in [0.1, 0.15) is 36.7 Å². The number of piperidine rings is 1. The first-order chi connectivity index (χ1) is 15.6. The molecule has 0 amide bonds. The van der Waals surface area contributed by atoms with Gasteiger partial charge in [0.1, 0.15) is 11.9 Å². The zero-order valence-electron chi connectivity index (χ0n) is 19.2. The summed E-state index contributed by atoms with van der Waals surface area (Å²) in [6.45, 7) is 9.42. The second kappa shape index (κ2) is 10.3. The molecule has 1 aliphatic heterocycles. The minimum Gasteiger partial charge on any atom is -0.490 e. The molecule has 1 N–H and O–H groups in total. The number of pyridine rings is 1. The van der Waals surface area contributed by atoms with Crippen molar-refractivity contribution in [3.63, 3.8) is 0 Å². The summed E-state index contributed by atoms with van der Waals surface area (Å²) in [5.74, 6) is 2.73. The Hall–Kier alpha value is -3.35. The molecule has 1 fully saturated rings. The first-order valence-corrected chi connectivity index (χ1v) is 11.4. The molecule has 1 aromatic carbocycles. The molecular formula is C25H32N6O. The third kappa shape index (κ3) is 5.46. The fourth-order valence-corrected chi connectivity index (χ4v) is 3.97. The van der Waals surface area contributed by atoms with Crippen molar-refractivity contribution in [3.8, 4) is 11.6 Å². The summed E-state index contributed by atoms with van der Waals surface area (Å²) in [5, 5.41) is 7.94. The molecule has 0 unspecified atom stereocenters. The number of benzene rings is 1. The number of nitrogens with zero attached hydrogens (tertiary/aromatic N) is 5. The minimum atomic E-state index is 0.252. The van der Waals surface area contributed by atoms with Crippen LogP contribution in [0.3, 0.4) is 0 Å². The number of aromatic nitrogens is 3. The third-order valence-corrected chi connectivity index (χ3v) is 5.57. The molecule has 1 aliphatic rings. The van der Waals surface area contributed by atoms with Crippen molar-refractivity contribution in [1.29, 1.82) is 0 Å². The van der Waals surface area contributed by atoms with Crippen LogP contribution in [0.25, 0.3) is 5.82 Å². The summed E-state index contributed by atoms with van der Waals surface area (Å²) in [6, 6.07) is 16.2. The van der Waals surface area contributed by atoms with Gasteiger partial charge in [0.25, 0.3) is 0 Å². The van der Waals surface area contributed by atoms with Gasteiger partial charge in [0, 0.05) is 44.4 Å². The van der Waals surface area contributed by atoms with Crippen molar-refractivity contribution in [1.82, 2.24) is 25.0 Å². The number of hydrogen-bond donors (Lipinski definition) is 1. The Labute approximate surface area is 190 Å². The molecule has 168 valence electrons. The molecule has 0 bridgehead atoms. The van der Waals surface area contributed by atoms with Gasteiger partial charge < -0.3 is 15.0 Å². The fraction of sp³-hybridized carbons (Fsp3) is 0.400. The molecule has 3 heterocycles. The van der Waals surface area contributed by atoms with E-state index in [0.717, 1.165) is 67.0 Å². The number of ether oxygens (including phenoxy) is 1. The van der Waals surface area contributed by atoms with Gasteiger partial charge in [-0.3, -0.25) is 0 Å². The number of rotatable bonds is 6. The monoisotopic (exact) mass is 432 g/mol. The maximum absolute atomic E-state index is 6.13. The van der Waals surface area contributed by atoms with Crippen molar-refractivity contribution in [2.75, 3.05) is 19.6 Å². The quantitative estimate of drug-likeness (QED) is 0.473. The van der Waals surface area contributed by atoms with Gasteiger partial charge in [-0.05, 0) is 50.6 Å². The van der Waals surface area contributed by atoms with Crippen molar-refractivity contribution < 1.29 is 4.74 Å². The predicted octanol–water partition coefficient (Wildman–Crippen LogP) is 3.89. The van der Waals surface area contributed by atoms with Crippen LogP contribution in [0.2, 0.25) is 0 Å². The van der Waals surface area contributed by atoms with Gasteiger partial charge in [0.2, 0.25) is 0 Å². The highest BCUT2D eigenvalue weighted by molar-refractivity contribution is 5.80. The maximum Gasteiger partial charge on any atom is 0.194 e. The van der Waals surface area contributed by atoms with E-state index in [1.807, 2.05) is 61.1 Å². The summed E-state index contributed by atoms with van der Waals surface area (Å²) in [7, 11) is 0. The number of guanidine groups is 1. The van der Waals surface area contributed by atoms with E-state index >= 15 is 0 Å². The van der Waals surface area contributed by atoms with Crippen LogP contribution in [0, 0.1) is 13.8 Å². The molecule has 7 nitrogen and oxygen atoms in total. The fourth-order valence-electron chi connectivity index (χ4n) is 3.97. The van der Waals surface area contributed by atoms with E-state index in [-0.39, 0.29) is 6.10 Å². The topological polar surface area (TPSA) is 67.6 Å². The second-order valence-electron chi connectivity index (χ2n) is 8.15. The maximum atomic E-state index is 6.13. The molecule has 32 heavy (non-hydrogen) atoms. The van der Waals surface area contributed by atoms with E-state index in [9.17, 15) is 0 Å². The smallest absolute Gasteiger partial charge is 0.194 e. The van der Waals surface area contributed by atoms with Gasteiger partial charge in [0.15, 0.2) is 11.8 Å². The standard InChI is InChI=1S/C25H32N6O/c1-4-26-25(30-14-12-23(13-15-30)32-22-8-6-5-7-9-22)28-18-21-10-11-24(27-17-21)31-20(3)16-19(2)29-31/h5-11,16-17,23H,4,12-15,18H2,1-3H3,(H,26,28). The van der Waals surface area contributed by atoms with E-state index in [2.05, 4.69) is 39.4 Å². The second-order valence-corrected chi connectivity index (χ2v) is 8.15. The molecule has 1 saturated heterocycles. The number of hydrogen-bond acceptors (Lipinski definition) is 4. The van der Waals surface area contributed by atoms with Crippen LogP contribution in [-0.2, 0) is 6.54 Å². The van der Waals surface area contributed by atoms with E-state index in [4.69, 9.17) is 9.73 Å². The SMILES string of the molecule is CCNC(=NCc1ccc(-n2nc(C)cc2C)nc1)N1CCC(Oc2ccccc2)CC1. The summed E-state index contributed by atoms with van der Waals surface area (Å²) in [6.07, 6.45) is 4.11. The molecule has 0 radical (unpaired) electrons. The lowest BCUT2D eigenvalue weighted by Crippen LogP contribution is -2.47.